The first-order valence-electron chi connectivity index (χ1n) is 7.66. The molecular weight excluding hydrogens is 300 g/mol. The topological polar surface area (TPSA) is 91.1 Å². The third-order valence-corrected chi connectivity index (χ3v) is 3.46. The number of hydrogen-bond donors (Lipinski definition) is 1. The lowest BCUT2D eigenvalue weighted by atomic mass is 10.2. The standard InChI is InChI=1S/C16H22N2O5/c1-2-22-16(20)12-3-4-13(17)14(11-12)23-8-5-15(19)18-6-9-21-10-7-18/h3-4,11H,2,5-10,17H2,1H3. The van der Waals surface area contributed by atoms with Gasteiger partial charge in [-0.1, -0.05) is 0 Å². The van der Waals surface area contributed by atoms with Crippen molar-refractivity contribution >= 4 is 17.6 Å². The third kappa shape index (κ3) is 4.85. The smallest absolute Gasteiger partial charge is 0.338 e. The van der Waals surface area contributed by atoms with Gasteiger partial charge in [-0.05, 0) is 25.1 Å². The van der Waals surface area contributed by atoms with E-state index >= 15 is 0 Å². The maximum absolute atomic E-state index is 12.0. The van der Waals surface area contributed by atoms with Gasteiger partial charge >= 0.3 is 5.97 Å². The Kier molecular flexibility index (Phi) is 6.22. The summed E-state index contributed by atoms with van der Waals surface area (Å²) in [5, 5.41) is 0. The van der Waals surface area contributed by atoms with E-state index in [1.165, 1.54) is 6.07 Å². The Hall–Kier alpha value is -2.28. The van der Waals surface area contributed by atoms with Crippen molar-refractivity contribution in [1.82, 2.24) is 4.90 Å². The van der Waals surface area contributed by atoms with Crippen molar-refractivity contribution in [3.05, 3.63) is 23.8 Å². The SMILES string of the molecule is CCOC(=O)c1ccc(N)c(OCCC(=O)N2CCOCC2)c1. The lowest BCUT2D eigenvalue weighted by Gasteiger charge is -2.26. The van der Waals surface area contributed by atoms with E-state index in [1.54, 1.807) is 24.0 Å². The molecule has 7 nitrogen and oxygen atoms in total. The fourth-order valence-electron chi connectivity index (χ4n) is 2.22. The second kappa shape index (κ2) is 8.38. The average molecular weight is 322 g/mol. The molecule has 1 heterocycles. The van der Waals surface area contributed by atoms with E-state index in [2.05, 4.69) is 0 Å². The number of nitrogens with two attached hydrogens (primary N) is 1. The van der Waals surface area contributed by atoms with Gasteiger partial charge in [-0.25, -0.2) is 4.79 Å². The maximum Gasteiger partial charge on any atom is 0.338 e. The van der Waals surface area contributed by atoms with Crippen molar-refractivity contribution in [3.63, 3.8) is 0 Å². The number of amides is 1. The van der Waals surface area contributed by atoms with Crippen molar-refractivity contribution in [3.8, 4) is 5.75 Å². The summed E-state index contributed by atoms with van der Waals surface area (Å²) in [7, 11) is 0. The van der Waals surface area contributed by atoms with Crippen molar-refractivity contribution in [2.24, 2.45) is 0 Å². The lowest BCUT2D eigenvalue weighted by Crippen LogP contribution is -2.41. The van der Waals surface area contributed by atoms with Crippen LogP contribution in [0.5, 0.6) is 5.75 Å². The molecule has 0 radical (unpaired) electrons. The van der Waals surface area contributed by atoms with Gasteiger partial charge in [0.15, 0.2) is 0 Å². The zero-order valence-corrected chi connectivity index (χ0v) is 13.2. The molecule has 23 heavy (non-hydrogen) atoms. The predicted octanol–water partition coefficient (Wildman–Crippen LogP) is 1.07. The van der Waals surface area contributed by atoms with Crippen LogP contribution < -0.4 is 10.5 Å². The maximum atomic E-state index is 12.0. The highest BCUT2D eigenvalue weighted by molar-refractivity contribution is 5.90. The molecule has 1 aromatic carbocycles. The molecule has 0 spiro atoms. The minimum atomic E-state index is -0.429. The Labute approximate surface area is 135 Å². The first kappa shape index (κ1) is 17.1. The van der Waals surface area contributed by atoms with Crippen LogP contribution in [0.2, 0.25) is 0 Å². The minimum Gasteiger partial charge on any atom is -0.491 e. The second-order valence-corrected chi connectivity index (χ2v) is 5.06. The molecule has 1 aromatic rings. The number of hydrogen-bond acceptors (Lipinski definition) is 6. The van der Waals surface area contributed by atoms with Crippen LogP contribution in [-0.2, 0) is 14.3 Å². The van der Waals surface area contributed by atoms with E-state index in [4.69, 9.17) is 19.9 Å². The molecule has 0 unspecified atom stereocenters. The summed E-state index contributed by atoms with van der Waals surface area (Å²) in [6.07, 6.45) is 0.253. The molecule has 2 rings (SSSR count). The van der Waals surface area contributed by atoms with Gasteiger partial charge in [0.2, 0.25) is 5.91 Å². The monoisotopic (exact) mass is 322 g/mol. The molecule has 0 atom stereocenters. The zero-order valence-electron chi connectivity index (χ0n) is 13.2. The van der Waals surface area contributed by atoms with Crippen LogP contribution >= 0.6 is 0 Å². The van der Waals surface area contributed by atoms with E-state index in [0.29, 0.717) is 49.9 Å². The molecule has 1 saturated heterocycles. The van der Waals surface area contributed by atoms with Gasteiger partial charge in [0, 0.05) is 13.1 Å². The Morgan fingerprint density at radius 3 is 2.74 bits per heavy atom. The highest BCUT2D eigenvalue weighted by Gasteiger charge is 2.17. The average Bonchev–Trinajstić information content (AvgIpc) is 2.57. The summed E-state index contributed by atoms with van der Waals surface area (Å²) in [4.78, 5) is 25.5. The molecule has 0 aliphatic carbocycles. The van der Waals surface area contributed by atoms with E-state index < -0.39 is 5.97 Å². The van der Waals surface area contributed by atoms with Gasteiger partial charge in [0.25, 0.3) is 0 Å². The number of nitrogen functional groups attached to an aromatic ring is 1. The number of rotatable bonds is 6. The van der Waals surface area contributed by atoms with Crippen LogP contribution in [0.25, 0.3) is 0 Å². The number of carbonyl (C=O) groups is 2. The van der Waals surface area contributed by atoms with Crippen LogP contribution in [0.3, 0.4) is 0 Å². The minimum absolute atomic E-state index is 0.0217. The predicted molar refractivity (Wildman–Crippen MR) is 84.3 cm³/mol. The van der Waals surface area contributed by atoms with Gasteiger partial charge in [-0.2, -0.15) is 0 Å². The highest BCUT2D eigenvalue weighted by Crippen LogP contribution is 2.23. The van der Waals surface area contributed by atoms with Gasteiger partial charge in [-0.15, -0.1) is 0 Å². The Bertz CT molecular complexity index is 555. The molecule has 2 N–H and O–H groups in total. The quantitative estimate of drug-likeness (QED) is 0.622. The summed E-state index contributed by atoms with van der Waals surface area (Å²) < 4.78 is 15.7. The van der Waals surface area contributed by atoms with Crippen LogP contribution in [0.15, 0.2) is 18.2 Å². The third-order valence-electron chi connectivity index (χ3n) is 3.46. The first-order chi connectivity index (χ1) is 11.1. The van der Waals surface area contributed by atoms with Crippen molar-refractivity contribution in [2.75, 3.05) is 45.3 Å². The largest absolute Gasteiger partial charge is 0.491 e. The van der Waals surface area contributed by atoms with Crippen LogP contribution in [0.1, 0.15) is 23.7 Å². The van der Waals surface area contributed by atoms with E-state index in [1.807, 2.05) is 0 Å². The Morgan fingerprint density at radius 2 is 2.04 bits per heavy atom. The van der Waals surface area contributed by atoms with Crippen LogP contribution in [-0.4, -0.2) is 56.3 Å². The van der Waals surface area contributed by atoms with E-state index in [-0.39, 0.29) is 18.9 Å². The molecule has 1 fully saturated rings. The lowest BCUT2D eigenvalue weighted by molar-refractivity contribution is -0.135. The highest BCUT2D eigenvalue weighted by atomic mass is 16.5. The molecular formula is C16H22N2O5. The fourth-order valence-corrected chi connectivity index (χ4v) is 2.22. The fraction of sp³-hybridized carbons (Fsp3) is 0.500. The van der Waals surface area contributed by atoms with Crippen molar-refractivity contribution in [1.29, 1.82) is 0 Å². The van der Waals surface area contributed by atoms with E-state index in [9.17, 15) is 9.59 Å². The Balaban J connectivity index is 1.88. The second-order valence-electron chi connectivity index (χ2n) is 5.06. The van der Waals surface area contributed by atoms with Crippen molar-refractivity contribution in [2.45, 2.75) is 13.3 Å². The van der Waals surface area contributed by atoms with Crippen LogP contribution in [0, 0.1) is 0 Å². The molecule has 0 aromatic heterocycles. The summed E-state index contributed by atoms with van der Waals surface area (Å²) >= 11 is 0. The molecule has 1 aliphatic rings. The molecule has 7 heteroatoms. The number of benzene rings is 1. The Morgan fingerprint density at radius 1 is 1.30 bits per heavy atom. The molecule has 1 aliphatic heterocycles. The number of carbonyl (C=O) groups excluding carboxylic acids is 2. The number of morpholine rings is 1. The molecule has 0 saturated carbocycles. The van der Waals surface area contributed by atoms with Gasteiger partial charge < -0.3 is 24.8 Å². The van der Waals surface area contributed by atoms with E-state index in [0.717, 1.165) is 0 Å². The molecule has 1 amide bonds. The van der Waals surface area contributed by atoms with Gasteiger partial charge in [0.05, 0.1) is 44.1 Å². The zero-order chi connectivity index (χ0) is 16.7. The summed E-state index contributed by atoms with van der Waals surface area (Å²) in [6, 6.07) is 4.71. The molecule has 0 bridgehead atoms. The number of nitrogens with zero attached hydrogens (tertiary/aromatic N) is 1. The molecule has 126 valence electrons. The number of ether oxygens (including phenoxy) is 3. The number of anilines is 1. The normalized spacial score (nSPS) is 14.4. The van der Waals surface area contributed by atoms with Gasteiger partial charge in [-0.3, -0.25) is 4.79 Å². The number of esters is 1. The van der Waals surface area contributed by atoms with Crippen molar-refractivity contribution < 1.29 is 23.8 Å². The van der Waals surface area contributed by atoms with Crippen LogP contribution in [0.4, 0.5) is 5.69 Å². The summed E-state index contributed by atoms with van der Waals surface area (Å²) in [6.45, 7) is 4.60. The summed E-state index contributed by atoms with van der Waals surface area (Å²) in [5.41, 5.74) is 6.62. The summed E-state index contributed by atoms with van der Waals surface area (Å²) in [5.74, 6) is -0.0273. The van der Waals surface area contributed by atoms with Gasteiger partial charge in [0.1, 0.15) is 5.75 Å². The first-order valence-corrected chi connectivity index (χ1v) is 7.66.